The first kappa shape index (κ1) is 26.3. The number of hydrogen-bond acceptors (Lipinski definition) is 9. The van der Waals surface area contributed by atoms with Gasteiger partial charge in [-0.1, -0.05) is 24.3 Å². The van der Waals surface area contributed by atoms with Gasteiger partial charge in [0.1, 0.15) is 12.4 Å². The van der Waals surface area contributed by atoms with Crippen LogP contribution in [-0.4, -0.2) is 60.0 Å². The van der Waals surface area contributed by atoms with Crippen LogP contribution in [0.4, 0.5) is 19.0 Å². The number of carboxylic acid groups (broad SMARTS) is 1. The number of carboxylic acids is 1. The number of rotatable bonds is 7. The molecule has 4 heterocycles. The van der Waals surface area contributed by atoms with Gasteiger partial charge in [0, 0.05) is 12.7 Å². The summed E-state index contributed by atoms with van der Waals surface area (Å²) in [6.07, 6.45) is 1.01. The summed E-state index contributed by atoms with van der Waals surface area (Å²) in [4.78, 5) is 25.2. The van der Waals surface area contributed by atoms with Crippen LogP contribution in [0.2, 0.25) is 0 Å². The van der Waals surface area contributed by atoms with E-state index in [0.717, 1.165) is 22.4 Å². The first-order valence-electron chi connectivity index (χ1n) is 11.3. The van der Waals surface area contributed by atoms with Gasteiger partial charge >= 0.3 is 18.2 Å². The Morgan fingerprint density at radius 2 is 1.73 bits per heavy atom. The minimum atomic E-state index is -5.08. The zero-order valence-corrected chi connectivity index (χ0v) is 20.4. The lowest BCUT2D eigenvalue weighted by Gasteiger charge is -2.14. The molecule has 0 saturated carbocycles. The van der Waals surface area contributed by atoms with E-state index in [2.05, 4.69) is 49.2 Å². The van der Waals surface area contributed by atoms with Crippen molar-refractivity contribution in [3.63, 3.8) is 0 Å². The van der Waals surface area contributed by atoms with E-state index >= 15 is 0 Å². The number of thiazole rings is 1. The lowest BCUT2D eigenvalue weighted by atomic mass is 10.1. The van der Waals surface area contributed by atoms with Crippen molar-refractivity contribution in [3.05, 3.63) is 58.2 Å². The largest absolute Gasteiger partial charge is 0.490 e. The molecular formula is C23H24F3N7O3S. The number of nitrogen functional groups attached to an aromatic ring is 1. The molecule has 0 bridgehead atoms. The van der Waals surface area contributed by atoms with Crippen molar-refractivity contribution in [1.82, 2.24) is 29.6 Å². The Morgan fingerprint density at radius 1 is 1.08 bits per heavy atom. The van der Waals surface area contributed by atoms with Crippen molar-refractivity contribution in [2.24, 2.45) is 0 Å². The van der Waals surface area contributed by atoms with Gasteiger partial charge in [0.15, 0.2) is 5.65 Å². The predicted molar refractivity (Wildman–Crippen MR) is 130 cm³/mol. The maximum Gasteiger partial charge on any atom is 0.490 e. The molecule has 0 radical (unpaired) electrons. The predicted octanol–water partition coefficient (Wildman–Crippen LogP) is 3.72. The number of carbonyl (C=O) groups is 1. The van der Waals surface area contributed by atoms with E-state index in [1.807, 2.05) is 4.68 Å². The Kier molecular flexibility index (Phi) is 8.18. The van der Waals surface area contributed by atoms with Gasteiger partial charge in [-0.3, -0.25) is 9.88 Å². The van der Waals surface area contributed by atoms with Gasteiger partial charge in [0.05, 0.1) is 28.5 Å². The Balaban J connectivity index is 0.000000405. The highest BCUT2D eigenvalue weighted by molar-refractivity contribution is 7.09. The highest BCUT2D eigenvalue weighted by atomic mass is 32.1. The highest BCUT2D eigenvalue weighted by Crippen LogP contribution is 2.22. The molecule has 196 valence electrons. The summed E-state index contributed by atoms with van der Waals surface area (Å²) in [6.45, 7) is 4.40. The smallest absolute Gasteiger partial charge is 0.475 e. The van der Waals surface area contributed by atoms with Crippen molar-refractivity contribution in [3.8, 4) is 6.01 Å². The molecule has 0 spiro atoms. The van der Waals surface area contributed by atoms with Crippen LogP contribution in [0.15, 0.2) is 42.2 Å². The summed E-state index contributed by atoms with van der Waals surface area (Å²) in [5, 5.41) is 12.3. The van der Waals surface area contributed by atoms with Crippen LogP contribution in [0, 0.1) is 0 Å². The molecular weight excluding hydrogens is 511 g/mol. The van der Waals surface area contributed by atoms with Crippen LogP contribution in [0.5, 0.6) is 6.01 Å². The van der Waals surface area contributed by atoms with Gasteiger partial charge in [-0.05, 0) is 37.1 Å². The standard InChI is InChI=1S/C21H23N7OS.C2HF3O2/c22-19-18-10-24-28(20(18)26-21(25-19)29-13-17-9-23-14-30-17)12-16-5-3-15(4-6-16)11-27-7-1-2-8-27;3-2(4,5)1(6)7/h3-6,9-10,14H,1-2,7-8,11-13H2,(H2,22,25,26);(H,6,7). The zero-order chi connectivity index (χ0) is 26.4. The van der Waals surface area contributed by atoms with Gasteiger partial charge < -0.3 is 15.6 Å². The second-order valence-electron chi connectivity index (χ2n) is 8.29. The summed E-state index contributed by atoms with van der Waals surface area (Å²) in [5.41, 5.74) is 11.1. The number of fused-ring (bicyclic) bond motifs is 1. The molecule has 1 aliphatic heterocycles. The fourth-order valence-corrected chi connectivity index (χ4v) is 4.21. The monoisotopic (exact) mass is 535 g/mol. The normalized spacial score (nSPS) is 13.9. The van der Waals surface area contributed by atoms with Gasteiger partial charge in [-0.25, -0.2) is 9.48 Å². The van der Waals surface area contributed by atoms with E-state index in [0.29, 0.717) is 24.6 Å². The van der Waals surface area contributed by atoms with Gasteiger partial charge in [-0.15, -0.1) is 11.3 Å². The Bertz CT molecular complexity index is 1320. The SMILES string of the molecule is Nc1nc(OCc2cncs2)nc2c1cnn2Cc1ccc(CN2CCCC2)cc1.O=C(O)C(F)(F)F. The number of likely N-dealkylation sites (tertiary alicyclic amines) is 1. The molecule has 4 aromatic rings. The first-order valence-corrected chi connectivity index (χ1v) is 12.2. The summed E-state index contributed by atoms with van der Waals surface area (Å²) < 4.78 is 39.3. The third-order valence-electron chi connectivity index (χ3n) is 5.53. The molecule has 0 amide bonds. The van der Waals surface area contributed by atoms with Crippen molar-refractivity contribution < 1.29 is 27.8 Å². The average molecular weight is 536 g/mol. The second kappa shape index (κ2) is 11.5. The van der Waals surface area contributed by atoms with E-state index in [1.165, 1.54) is 42.8 Å². The quantitative estimate of drug-likeness (QED) is 0.363. The topological polar surface area (TPSA) is 132 Å². The molecule has 1 saturated heterocycles. The molecule has 3 N–H and O–H groups in total. The van der Waals surface area contributed by atoms with Crippen LogP contribution in [0.25, 0.3) is 11.0 Å². The van der Waals surface area contributed by atoms with E-state index < -0.39 is 12.1 Å². The number of halogens is 3. The fourth-order valence-electron chi connectivity index (χ4n) is 3.71. The van der Waals surface area contributed by atoms with Crippen LogP contribution < -0.4 is 10.5 Å². The number of nitrogens with zero attached hydrogens (tertiary/aromatic N) is 6. The maximum atomic E-state index is 10.6. The average Bonchev–Trinajstić information content (AvgIpc) is 3.62. The second-order valence-corrected chi connectivity index (χ2v) is 9.26. The Morgan fingerprint density at radius 3 is 2.32 bits per heavy atom. The van der Waals surface area contributed by atoms with Gasteiger partial charge in [0.2, 0.25) is 0 Å². The third-order valence-corrected chi connectivity index (χ3v) is 6.29. The van der Waals surface area contributed by atoms with E-state index in [4.69, 9.17) is 20.4 Å². The number of aromatic nitrogens is 5. The van der Waals surface area contributed by atoms with E-state index in [9.17, 15) is 13.2 Å². The minimum Gasteiger partial charge on any atom is -0.475 e. The van der Waals surface area contributed by atoms with Crippen LogP contribution in [0.1, 0.15) is 28.8 Å². The molecule has 10 nitrogen and oxygen atoms in total. The van der Waals surface area contributed by atoms with Crippen molar-refractivity contribution >= 4 is 34.2 Å². The third kappa shape index (κ3) is 7.13. The molecule has 1 aromatic carbocycles. The number of alkyl halides is 3. The van der Waals surface area contributed by atoms with Crippen molar-refractivity contribution in [2.45, 2.75) is 38.7 Å². The minimum absolute atomic E-state index is 0.246. The Hall–Kier alpha value is -3.78. The van der Waals surface area contributed by atoms with Crippen LogP contribution in [0.3, 0.4) is 0 Å². The van der Waals surface area contributed by atoms with E-state index in [1.54, 1.807) is 17.9 Å². The summed E-state index contributed by atoms with van der Waals surface area (Å²) in [7, 11) is 0. The molecule has 1 aliphatic rings. The molecule has 5 rings (SSSR count). The zero-order valence-electron chi connectivity index (χ0n) is 19.6. The van der Waals surface area contributed by atoms with E-state index in [-0.39, 0.29) is 6.01 Å². The number of hydrogen-bond donors (Lipinski definition) is 2. The summed E-state index contributed by atoms with van der Waals surface area (Å²) >= 11 is 1.52. The molecule has 0 atom stereocenters. The highest BCUT2D eigenvalue weighted by Gasteiger charge is 2.38. The summed E-state index contributed by atoms with van der Waals surface area (Å²) in [6, 6.07) is 8.96. The number of ether oxygens (including phenoxy) is 1. The molecule has 1 fully saturated rings. The number of nitrogens with two attached hydrogens (primary N) is 1. The van der Waals surface area contributed by atoms with Crippen molar-refractivity contribution in [1.29, 1.82) is 0 Å². The van der Waals surface area contributed by atoms with Crippen LogP contribution in [-0.2, 0) is 24.5 Å². The van der Waals surface area contributed by atoms with Crippen molar-refractivity contribution in [2.75, 3.05) is 18.8 Å². The number of anilines is 1. The molecule has 14 heteroatoms. The number of aliphatic carboxylic acids is 1. The molecule has 37 heavy (non-hydrogen) atoms. The van der Waals surface area contributed by atoms with Gasteiger partial charge in [-0.2, -0.15) is 28.2 Å². The van der Waals surface area contributed by atoms with Gasteiger partial charge in [0.25, 0.3) is 0 Å². The summed E-state index contributed by atoms with van der Waals surface area (Å²) in [5.74, 6) is -2.39. The fraction of sp³-hybridized carbons (Fsp3) is 0.348. The lowest BCUT2D eigenvalue weighted by molar-refractivity contribution is -0.192. The maximum absolute atomic E-state index is 10.6. The molecule has 0 unspecified atom stereocenters. The Labute approximate surface area is 213 Å². The molecule has 3 aromatic heterocycles. The first-order chi connectivity index (χ1) is 17.7. The number of benzene rings is 1. The lowest BCUT2D eigenvalue weighted by Crippen LogP contribution is -2.21. The molecule has 0 aliphatic carbocycles. The van der Waals surface area contributed by atoms with Crippen LogP contribution >= 0.6 is 11.3 Å².